The van der Waals surface area contributed by atoms with Gasteiger partial charge in [-0.3, -0.25) is 14.5 Å². The van der Waals surface area contributed by atoms with Crippen LogP contribution in [0.5, 0.6) is 0 Å². The monoisotopic (exact) mass is 536 g/mol. The van der Waals surface area contributed by atoms with Gasteiger partial charge >= 0.3 is 6.18 Å². The summed E-state index contributed by atoms with van der Waals surface area (Å²) in [4.78, 5) is 17.1. The van der Waals surface area contributed by atoms with Crippen molar-refractivity contribution < 1.29 is 18.0 Å². The number of nitrogens with zero attached hydrogens (tertiary/aromatic N) is 5. The number of carbonyl (C=O) groups is 1. The minimum atomic E-state index is -4.55. The Morgan fingerprint density at radius 2 is 1.95 bits per heavy atom. The van der Waals surface area contributed by atoms with Crippen molar-refractivity contribution in [1.82, 2.24) is 30.3 Å². The quantitative estimate of drug-likeness (QED) is 0.321. The number of hydrogen-bond acceptors (Lipinski definition) is 6. The molecule has 3 heterocycles. The van der Waals surface area contributed by atoms with Crippen LogP contribution in [0.3, 0.4) is 0 Å². The average molecular weight is 537 g/mol. The lowest BCUT2D eigenvalue weighted by Gasteiger charge is -2.19. The minimum Gasteiger partial charge on any atom is -0.337 e. The maximum atomic E-state index is 13.6. The van der Waals surface area contributed by atoms with Gasteiger partial charge in [0.1, 0.15) is 0 Å². The van der Waals surface area contributed by atoms with Gasteiger partial charge in [-0.25, -0.2) is 4.98 Å². The zero-order valence-corrected chi connectivity index (χ0v) is 21.5. The molecule has 0 radical (unpaired) electrons. The highest BCUT2D eigenvalue weighted by molar-refractivity contribution is 6.05. The minimum absolute atomic E-state index is 0.0766. The molecule has 1 amide bonds. The normalized spacial score (nSPS) is 13.4. The number of aromatic nitrogens is 4. The fourth-order valence-corrected chi connectivity index (χ4v) is 4.31. The third kappa shape index (κ3) is 5.65. The molecule has 0 bridgehead atoms. The number of alkyl halides is 3. The first-order valence-corrected chi connectivity index (χ1v) is 12.2. The second-order valence-corrected chi connectivity index (χ2v) is 9.34. The van der Waals surface area contributed by atoms with E-state index in [2.05, 4.69) is 26.4 Å². The van der Waals surface area contributed by atoms with Crippen LogP contribution in [0.4, 0.5) is 24.5 Å². The molecule has 4 aromatic rings. The summed E-state index contributed by atoms with van der Waals surface area (Å²) >= 11 is 0. The van der Waals surface area contributed by atoms with Crippen LogP contribution in [0.2, 0.25) is 0 Å². The van der Waals surface area contributed by atoms with E-state index in [1.807, 2.05) is 27.1 Å². The summed E-state index contributed by atoms with van der Waals surface area (Å²) in [7, 11) is 1.86. The first-order chi connectivity index (χ1) is 18.6. The van der Waals surface area contributed by atoms with Gasteiger partial charge in [0.25, 0.3) is 5.91 Å². The summed E-state index contributed by atoms with van der Waals surface area (Å²) in [5.74, 6) is -0.518. The molecule has 39 heavy (non-hydrogen) atoms. The van der Waals surface area contributed by atoms with E-state index in [4.69, 9.17) is 0 Å². The molecule has 3 N–H and O–H groups in total. The second kappa shape index (κ2) is 10.3. The van der Waals surface area contributed by atoms with Crippen molar-refractivity contribution >= 4 is 23.0 Å². The molecule has 0 saturated heterocycles. The Hall–Kier alpha value is -4.58. The summed E-state index contributed by atoms with van der Waals surface area (Å²) in [5.41, 5.74) is 10.5. The van der Waals surface area contributed by atoms with Crippen molar-refractivity contribution in [3.05, 3.63) is 101 Å². The molecule has 9 nitrogen and oxygen atoms in total. The topological polar surface area (TPSA) is 92.0 Å². The van der Waals surface area contributed by atoms with Crippen LogP contribution >= 0.6 is 0 Å². The van der Waals surface area contributed by atoms with Gasteiger partial charge in [-0.05, 0) is 61.7 Å². The Balaban J connectivity index is 1.37. The molecule has 1 aliphatic rings. The van der Waals surface area contributed by atoms with Crippen molar-refractivity contribution in [3.8, 4) is 0 Å². The Kier molecular flexibility index (Phi) is 6.87. The number of nitrogens with one attached hydrogen (secondary N) is 3. The van der Waals surface area contributed by atoms with Gasteiger partial charge in [0, 0.05) is 54.7 Å². The van der Waals surface area contributed by atoms with E-state index in [0.717, 1.165) is 34.7 Å². The van der Waals surface area contributed by atoms with Crippen LogP contribution in [-0.4, -0.2) is 25.2 Å². The summed E-state index contributed by atoms with van der Waals surface area (Å²) in [6, 6.07) is 8.73. The lowest BCUT2D eigenvalue weighted by atomic mass is 10.1. The second-order valence-electron chi connectivity index (χ2n) is 9.34. The molecule has 0 spiro atoms. The number of carbonyl (C=O) groups excluding carboxylic acids is 1. The van der Waals surface area contributed by atoms with E-state index in [-0.39, 0.29) is 5.69 Å². The standard InChI is InChI=1S/C27H27F3N8O/c1-17-4-5-20(12-25(17)38-15-24(34-35-38)23-14-32-36(3)18(23)2)26(39)33-22-11-19(6-8-37-9-7-31-16-37)10-21(13-22)27(28,29)30/h4-5,7,9-16,34-35H,6,8H2,1-3H3,(H,33,39). The largest absolute Gasteiger partial charge is 0.416 e. The molecular weight excluding hydrogens is 509 g/mol. The third-order valence-electron chi connectivity index (χ3n) is 6.62. The number of imidazole rings is 1. The summed E-state index contributed by atoms with van der Waals surface area (Å²) < 4.78 is 44.4. The molecule has 2 aromatic carbocycles. The van der Waals surface area contributed by atoms with E-state index < -0.39 is 17.6 Å². The molecule has 202 valence electrons. The van der Waals surface area contributed by atoms with Crippen molar-refractivity contribution in [2.75, 3.05) is 10.3 Å². The highest BCUT2D eigenvalue weighted by Gasteiger charge is 2.31. The highest BCUT2D eigenvalue weighted by Crippen LogP contribution is 2.33. The number of hydrazine groups is 2. The molecule has 0 saturated carbocycles. The molecule has 0 unspecified atom stereocenters. The van der Waals surface area contributed by atoms with Crippen LogP contribution in [0, 0.1) is 13.8 Å². The van der Waals surface area contributed by atoms with Crippen molar-refractivity contribution in [1.29, 1.82) is 0 Å². The first-order valence-electron chi connectivity index (χ1n) is 12.2. The number of halogens is 3. The van der Waals surface area contributed by atoms with E-state index >= 15 is 0 Å². The Bertz CT molecular complexity index is 1540. The van der Waals surface area contributed by atoms with Gasteiger partial charge in [0.2, 0.25) is 0 Å². The SMILES string of the molecule is Cc1ccc(C(=O)Nc2cc(CCn3ccnc3)cc(C(F)(F)F)c2)cc1N1C=C(c2cnn(C)c2C)NN1. The molecular formula is C27H27F3N8O. The Morgan fingerprint density at radius 1 is 1.13 bits per heavy atom. The zero-order chi connectivity index (χ0) is 27.7. The number of amides is 1. The summed E-state index contributed by atoms with van der Waals surface area (Å²) in [6.07, 6.45) is 4.36. The van der Waals surface area contributed by atoms with E-state index in [9.17, 15) is 18.0 Å². The van der Waals surface area contributed by atoms with Gasteiger partial charge in [-0.1, -0.05) is 6.07 Å². The molecule has 0 fully saturated rings. The van der Waals surface area contributed by atoms with Crippen LogP contribution in [0.1, 0.15) is 38.3 Å². The number of benzene rings is 2. The fourth-order valence-electron chi connectivity index (χ4n) is 4.31. The predicted molar refractivity (Wildman–Crippen MR) is 141 cm³/mol. The van der Waals surface area contributed by atoms with E-state index in [1.54, 1.807) is 63.4 Å². The lowest BCUT2D eigenvalue weighted by Crippen LogP contribution is -2.36. The van der Waals surface area contributed by atoms with Gasteiger partial charge < -0.3 is 15.3 Å². The maximum Gasteiger partial charge on any atom is 0.416 e. The van der Waals surface area contributed by atoms with Gasteiger partial charge in [-0.2, -0.15) is 18.3 Å². The number of rotatable bonds is 7. The third-order valence-corrected chi connectivity index (χ3v) is 6.62. The molecule has 12 heteroatoms. The first kappa shape index (κ1) is 26.0. The number of aryl methyl sites for hydroxylation is 4. The molecule has 0 aliphatic carbocycles. The zero-order valence-electron chi connectivity index (χ0n) is 21.5. The molecule has 2 aromatic heterocycles. The smallest absolute Gasteiger partial charge is 0.337 e. The van der Waals surface area contributed by atoms with E-state index in [0.29, 0.717) is 29.8 Å². The van der Waals surface area contributed by atoms with Crippen LogP contribution in [-0.2, 0) is 26.2 Å². The van der Waals surface area contributed by atoms with Crippen LogP contribution < -0.4 is 21.3 Å². The fraction of sp³-hybridized carbons (Fsp3) is 0.222. The summed E-state index contributed by atoms with van der Waals surface area (Å²) in [5, 5.41) is 8.66. The Labute approximate surface area is 222 Å². The van der Waals surface area contributed by atoms with Crippen molar-refractivity contribution in [2.45, 2.75) is 33.0 Å². The molecule has 1 aliphatic heterocycles. The van der Waals surface area contributed by atoms with Gasteiger partial charge in [0.15, 0.2) is 0 Å². The van der Waals surface area contributed by atoms with Gasteiger partial charge in [-0.15, -0.1) is 5.53 Å². The maximum absolute atomic E-state index is 13.6. The van der Waals surface area contributed by atoms with E-state index in [1.165, 1.54) is 0 Å². The van der Waals surface area contributed by atoms with Crippen molar-refractivity contribution in [2.24, 2.45) is 7.05 Å². The van der Waals surface area contributed by atoms with Crippen molar-refractivity contribution in [3.63, 3.8) is 0 Å². The average Bonchev–Trinajstić information content (AvgIpc) is 3.65. The molecule has 5 rings (SSSR count). The van der Waals surface area contributed by atoms with Gasteiger partial charge in [0.05, 0.1) is 29.5 Å². The van der Waals surface area contributed by atoms with Crippen LogP contribution in [0.15, 0.2) is 67.5 Å². The number of hydrogen-bond donors (Lipinski definition) is 3. The van der Waals surface area contributed by atoms with Crippen LogP contribution in [0.25, 0.3) is 5.70 Å². The summed E-state index contributed by atoms with van der Waals surface area (Å²) in [6.45, 7) is 4.32. The number of anilines is 2. The predicted octanol–water partition coefficient (Wildman–Crippen LogP) is 4.58. The highest BCUT2D eigenvalue weighted by atomic mass is 19.4. The Morgan fingerprint density at radius 3 is 2.64 bits per heavy atom. The molecule has 0 atom stereocenters. The lowest BCUT2D eigenvalue weighted by molar-refractivity contribution is -0.137.